The molecule has 0 amide bonds. The Hall–Kier alpha value is -0.900. The van der Waals surface area contributed by atoms with Gasteiger partial charge in [-0.2, -0.15) is 0 Å². The lowest BCUT2D eigenvalue weighted by Gasteiger charge is -2.16. The van der Waals surface area contributed by atoms with E-state index in [2.05, 4.69) is 30.5 Å². The Morgan fingerprint density at radius 1 is 1.50 bits per heavy atom. The molecule has 78 valence electrons. The summed E-state index contributed by atoms with van der Waals surface area (Å²) in [5.41, 5.74) is 5.16. The van der Waals surface area contributed by atoms with E-state index in [1.165, 1.54) is 11.1 Å². The van der Waals surface area contributed by atoms with Gasteiger partial charge in [-0.25, -0.2) is 0 Å². The van der Waals surface area contributed by atoms with E-state index in [4.69, 9.17) is 10.6 Å². The number of rotatable bonds is 5. The number of nitrogens with one attached hydrogen (secondary N) is 1. The molecule has 1 atom stereocenters. The maximum atomic E-state index is 5.47. The van der Waals surface area contributed by atoms with Gasteiger partial charge < -0.3 is 4.74 Å². The Bertz CT molecular complexity index is 276. The first-order chi connectivity index (χ1) is 6.77. The molecule has 3 nitrogen and oxygen atoms in total. The molecule has 0 saturated carbocycles. The summed E-state index contributed by atoms with van der Waals surface area (Å²) in [5.74, 6) is 5.47. The van der Waals surface area contributed by atoms with E-state index in [-0.39, 0.29) is 6.04 Å². The van der Waals surface area contributed by atoms with Crippen molar-refractivity contribution in [2.75, 3.05) is 13.2 Å². The molecule has 1 aromatic carbocycles. The minimum Gasteiger partial charge on any atom is -0.380 e. The van der Waals surface area contributed by atoms with E-state index in [9.17, 15) is 0 Å². The molecule has 0 fully saturated rings. The summed E-state index contributed by atoms with van der Waals surface area (Å²) in [4.78, 5) is 0. The quantitative estimate of drug-likeness (QED) is 0.552. The number of nitrogens with two attached hydrogens (primary N) is 1. The molecule has 1 rings (SSSR count). The molecule has 0 bridgehead atoms. The number of aryl methyl sites for hydroxylation is 1. The molecule has 0 aliphatic heterocycles. The van der Waals surface area contributed by atoms with Crippen LogP contribution < -0.4 is 11.3 Å². The molecule has 14 heavy (non-hydrogen) atoms. The Morgan fingerprint density at radius 2 is 2.29 bits per heavy atom. The second-order valence-corrected chi connectivity index (χ2v) is 3.29. The van der Waals surface area contributed by atoms with E-state index in [1.807, 2.05) is 13.0 Å². The van der Waals surface area contributed by atoms with Gasteiger partial charge in [0.25, 0.3) is 0 Å². The molecule has 0 aromatic heterocycles. The fourth-order valence-corrected chi connectivity index (χ4v) is 1.36. The van der Waals surface area contributed by atoms with E-state index >= 15 is 0 Å². The van der Waals surface area contributed by atoms with Crippen molar-refractivity contribution >= 4 is 0 Å². The van der Waals surface area contributed by atoms with Crippen LogP contribution in [0, 0.1) is 6.92 Å². The molecular weight excluding hydrogens is 176 g/mol. The Kier molecular flexibility index (Phi) is 4.59. The second-order valence-electron chi connectivity index (χ2n) is 3.29. The van der Waals surface area contributed by atoms with Gasteiger partial charge in [0, 0.05) is 6.61 Å². The monoisotopic (exact) mass is 194 g/mol. The van der Waals surface area contributed by atoms with Gasteiger partial charge in [-0.1, -0.05) is 29.8 Å². The Balaban J connectivity index is 2.68. The SMILES string of the molecule is CCOCC(NN)c1cccc(C)c1. The first-order valence-corrected chi connectivity index (χ1v) is 4.88. The van der Waals surface area contributed by atoms with Crippen LogP contribution in [0.2, 0.25) is 0 Å². The average molecular weight is 194 g/mol. The van der Waals surface area contributed by atoms with Crippen molar-refractivity contribution in [3.05, 3.63) is 35.4 Å². The third-order valence-electron chi connectivity index (χ3n) is 2.13. The lowest BCUT2D eigenvalue weighted by Crippen LogP contribution is -2.31. The molecule has 3 heteroatoms. The fraction of sp³-hybridized carbons (Fsp3) is 0.455. The van der Waals surface area contributed by atoms with Crippen molar-refractivity contribution in [2.24, 2.45) is 5.84 Å². The maximum absolute atomic E-state index is 5.47. The first kappa shape index (κ1) is 11.2. The summed E-state index contributed by atoms with van der Waals surface area (Å²) in [7, 11) is 0. The molecule has 0 heterocycles. The number of hydrogen-bond acceptors (Lipinski definition) is 3. The second kappa shape index (κ2) is 5.75. The zero-order valence-corrected chi connectivity index (χ0v) is 8.79. The van der Waals surface area contributed by atoms with Crippen molar-refractivity contribution < 1.29 is 4.74 Å². The van der Waals surface area contributed by atoms with E-state index < -0.39 is 0 Å². The van der Waals surface area contributed by atoms with Gasteiger partial charge in [-0.05, 0) is 19.4 Å². The molecule has 1 aromatic rings. The summed E-state index contributed by atoms with van der Waals surface area (Å²) in [6.07, 6.45) is 0. The molecule has 1 unspecified atom stereocenters. The number of hydrogen-bond donors (Lipinski definition) is 2. The first-order valence-electron chi connectivity index (χ1n) is 4.88. The molecule has 0 aliphatic rings. The summed E-state index contributed by atoms with van der Waals surface area (Å²) >= 11 is 0. The molecule has 0 radical (unpaired) electrons. The Labute approximate surface area is 85.2 Å². The van der Waals surface area contributed by atoms with Crippen LogP contribution in [0.15, 0.2) is 24.3 Å². The average Bonchev–Trinajstić information content (AvgIpc) is 2.19. The molecule has 0 spiro atoms. The van der Waals surface area contributed by atoms with Crippen molar-refractivity contribution in [1.82, 2.24) is 5.43 Å². The Morgan fingerprint density at radius 3 is 2.86 bits per heavy atom. The molecule has 0 saturated heterocycles. The van der Waals surface area contributed by atoms with Crippen LogP contribution in [0.25, 0.3) is 0 Å². The van der Waals surface area contributed by atoms with Crippen molar-refractivity contribution in [2.45, 2.75) is 19.9 Å². The zero-order valence-electron chi connectivity index (χ0n) is 8.79. The van der Waals surface area contributed by atoms with E-state index in [0.29, 0.717) is 13.2 Å². The van der Waals surface area contributed by atoms with Crippen LogP contribution in [-0.4, -0.2) is 13.2 Å². The number of hydrazine groups is 1. The molecular formula is C11H18N2O. The predicted molar refractivity (Wildman–Crippen MR) is 57.7 cm³/mol. The van der Waals surface area contributed by atoms with Crippen molar-refractivity contribution in [3.63, 3.8) is 0 Å². The van der Waals surface area contributed by atoms with Gasteiger partial charge in [-0.3, -0.25) is 11.3 Å². The number of ether oxygens (including phenoxy) is 1. The highest BCUT2D eigenvalue weighted by Gasteiger charge is 2.08. The highest BCUT2D eigenvalue weighted by Crippen LogP contribution is 2.13. The van der Waals surface area contributed by atoms with Crippen LogP contribution in [0.3, 0.4) is 0 Å². The van der Waals surface area contributed by atoms with Crippen LogP contribution in [0.5, 0.6) is 0 Å². The topological polar surface area (TPSA) is 47.3 Å². The largest absolute Gasteiger partial charge is 0.380 e. The summed E-state index contributed by atoms with van der Waals surface area (Å²) in [5, 5.41) is 0. The van der Waals surface area contributed by atoms with Gasteiger partial charge in [0.1, 0.15) is 0 Å². The van der Waals surface area contributed by atoms with Crippen molar-refractivity contribution in [3.8, 4) is 0 Å². The predicted octanol–water partition coefficient (Wildman–Crippen LogP) is 1.54. The van der Waals surface area contributed by atoms with Gasteiger partial charge in [0.05, 0.1) is 12.6 Å². The standard InChI is InChI=1S/C11H18N2O/c1-3-14-8-11(13-12)10-6-4-5-9(2)7-10/h4-7,11,13H,3,8,12H2,1-2H3. The van der Waals surface area contributed by atoms with Crippen LogP contribution >= 0.6 is 0 Å². The molecule has 0 aliphatic carbocycles. The third kappa shape index (κ3) is 3.10. The minimum absolute atomic E-state index is 0.0786. The van der Waals surface area contributed by atoms with E-state index in [0.717, 1.165) is 0 Å². The minimum atomic E-state index is 0.0786. The highest BCUT2D eigenvalue weighted by molar-refractivity contribution is 5.24. The highest BCUT2D eigenvalue weighted by atomic mass is 16.5. The van der Waals surface area contributed by atoms with Crippen molar-refractivity contribution in [1.29, 1.82) is 0 Å². The van der Waals surface area contributed by atoms with Crippen LogP contribution in [-0.2, 0) is 4.74 Å². The summed E-state index contributed by atoms with van der Waals surface area (Å²) in [6, 6.07) is 8.34. The van der Waals surface area contributed by atoms with Gasteiger partial charge in [0.2, 0.25) is 0 Å². The fourth-order valence-electron chi connectivity index (χ4n) is 1.36. The van der Waals surface area contributed by atoms with Gasteiger partial charge in [0.15, 0.2) is 0 Å². The van der Waals surface area contributed by atoms with Gasteiger partial charge >= 0.3 is 0 Å². The van der Waals surface area contributed by atoms with Crippen LogP contribution in [0.1, 0.15) is 24.1 Å². The normalized spacial score (nSPS) is 12.8. The third-order valence-corrected chi connectivity index (χ3v) is 2.13. The van der Waals surface area contributed by atoms with Gasteiger partial charge in [-0.15, -0.1) is 0 Å². The molecule has 3 N–H and O–H groups in total. The summed E-state index contributed by atoms with van der Waals surface area (Å²) in [6.45, 7) is 5.36. The smallest absolute Gasteiger partial charge is 0.0694 e. The zero-order chi connectivity index (χ0) is 10.4. The number of benzene rings is 1. The maximum Gasteiger partial charge on any atom is 0.0694 e. The summed E-state index contributed by atoms with van der Waals surface area (Å²) < 4.78 is 5.34. The van der Waals surface area contributed by atoms with E-state index in [1.54, 1.807) is 0 Å². The van der Waals surface area contributed by atoms with Crippen LogP contribution in [0.4, 0.5) is 0 Å². The lowest BCUT2D eigenvalue weighted by atomic mass is 10.1. The lowest BCUT2D eigenvalue weighted by molar-refractivity contribution is 0.123.